The third-order valence-corrected chi connectivity index (χ3v) is 4.91. The van der Waals surface area contributed by atoms with Gasteiger partial charge in [-0.2, -0.15) is 0 Å². The summed E-state index contributed by atoms with van der Waals surface area (Å²) in [7, 11) is 0. The molecular formula is C26H31ClF2N2O4. The van der Waals surface area contributed by atoms with E-state index in [-0.39, 0.29) is 24.0 Å². The van der Waals surface area contributed by atoms with Gasteiger partial charge in [-0.3, -0.25) is 9.59 Å². The summed E-state index contributed by atoms with van der Waals surface area (Å²) in [6.07, 6.45) is -1.49. The van der Waals surface area contributed by atoms with Gasteiger partial charge in [0.05, 0.1) is 6.04 Å². The number of carbonyl (C=O) groups excluding carboxylic acids is 3. The number of hydrogen-bond acceptors (Lipinski definition) is 4. The maximum Gasteiger partial charge on any atom is 0.408 e. The second kappa shape index (κ2) is 11.2. The van der Waals surface area contributed by atoms with Crippen molar-refractivity contribution in [3.8, 4) is 0 Å². The minimum Gasteiger partial charge on any atom is -0.444 e. The van der Waals surface area contributed by atoms with E-state index in [4.69, 9.17) is 16.3 Å². The van der Waals surface area contributed by atoms with E-state index in [1.807, 2.05) is 20.8 Å². The van der Waals surface area contributed by atoms with Gasteiger partial charge in [0.15, 0.2) is 5.78 Å². The second-order valence-electron chi connectivity index (χ2n) is 10.3. The number of hydrogen-bond donors (Lipinski definition) is 2. The van der Waals surface area contributed by atoms with Crippen LogP contribution in [0, 0.1) is 11.6 Å². The molecule has 9 heteroatoms. The Hall–Kier alpha value is -3.00. The summed E-state index contributed by atoms with van der Waals surface area (Å²) in [5.41, 5.74) is -0.873. The highest BCUT2D eigenvalue weighted by Gasteiger charge is 2.27. The molecule has 1 atom stereocenters. The number of ketones is 1. The average Bonchev–Trinajstić information content (AvgIpc) is 2.67. The number of halogens is 3. The van der Waals surface area contributed by atoms with Crippen molar-refractivity contribution in [3.63, 3.8) is 0 Å². The van der Waals surface area contributed by atoms with Crippen LogP contribution in [0.25, 0.3) is 0 Å². The van der Waals surface area contributed by atoms with E-state index in [0.717, 1.165) is 18.2 Å². The fourth-order valence-corrected chi connectivity index (χ4v) is 3.46. The Labute approximate surface area is 209 Å². The molecule has 6 nitrogen and oxygen atoms in total. The molecule has 0 aromatic heterocycles. The molecule has 0 saturated heterocycles. The summed E-state index contributed by atoms with van der Waals surface area (Å²) in [5.74, 6) is -2.33. The highest BCUT2D eigenvalue weighted by atomic mass is 35.5. The van der Waals surface area contributed by atoms with Crippen molar-refractivity contribution in [2.75, 3.05) is 0 Å². The lowest BCUT2D eigenvalue weighted by Gasteiger charge is -2.24. The predicted molar refractivity (Wildman–Crippen MR) is 131 cm³/mol. The van der Waals surface area contributed by atoms with Crippen LogP contribution in [0.15, 0.2) is 36.4 Å². The monoisotopic (exact) mass is 508 g/mol. The molecule has 0 fully saturated rings. The molecule has 0 unspecified atom stereocenters. The van der Waals surface area contributed by atoms with E-state index in [0.29, 0.717) is 10.6 Å². The Morgan fingerprint density at radius 1 is 0.971 bits per heavy atom. The molecule has 0 bridgehead atoms. The quantitative estimate of drug-likeness (QED) is 0.525. The van der Waals surface area contributed by atoms with Crippen molar-refractivity contribution < 1.29 is 27.9 Å². The minimum atomic E-state index is -1.25. The number of alkyl carbamates (subject to hydrolysis) is 1. The van der Waals surface area contributed by atoms with Crippen LogP contribution in [0.3, 0.4) is 0 Å². The van der Waals surface area contributed by atoms with E-state index in [1.54, 1.807) is 20.8 Å². The normalized spacial score (nSPS) is 12.6. The van der Waals surface area contributed by atoms with Crippen LogP contribution >= 0.6 is 11.6 Å². The molecular weight excluding hydrogens is 478 g/mol. The van der Waals surface area contributed by atoms with Crippen molar-refractivity contribution >= 4 is 29.4 Å². The van der Waals surface area contributed by atoms with Gasteiger partial charge in [0.1, 0.15) is 17.2 Å². The summed E-state index contributed by atoms with van der Waals surface area (Å²) in [4.78, 5) is 38.5. The largest absolute Gasteiger partial charge is 0.444 e. The van der Waals surface area contributed by atoms with Crippen molar-refractivity contribution in [3.05, 3.63) is 69.7 Å². The van der Waals surface area contributed by atoms with Crippen LogP contribution in [-0.2, 0) is 22.4 Å². The Morgan fingerprint density at radius 2 is 1.63 bits per heavy atom. The molecule has 0 heterocycles. The molecule has 190 valence electrons. The first-order valence-corrected chi connectivity index (χ1v) is 11.5. The predicted octanol–water partition coefficient (Wildman–Crippen LogP) is 5.39. The van der Waals surface area contributed by atoms with Crippen LogP contribution in [0.5, 0.6) is 0 Å². The number of benzene rings is 2. The van der Waals surface area contributed by atoms with Gasteiger partial charge in [-0.25, -0.2) is 13.6 Å². The smallest absolute Gasteiger partial charge is 0.408 e. The van der Waals surface area contributed by atoms with Crippen LogP contribution in [-0.4, -0.2) is 35.0 Å². The first-order valence-electron chi connectivity index (χ1n) is 11.1. The molecule has 2 rings (SSSR count). The van der Waals surface area contributed by atoms with Gasteiger partial charge in [-0.1, -0.05) is 11.6 Å². The van der Waals surface area contributed by atoms with E-state index in [9.17, 15) is 23.2 Å². The molecule has 0 aliphatic rings. The summed E-state index contributed by atoms with van der Waals surface area (Å²) in [5, 5.41) is 5.60. The number of amides is 2. The van der Waals surface area contributed by atoms with E-state index in [1.165, 1.54) is 18.2 Å². The van der Waals surface area contributed by atoms with Crippen LogP contribution in [0.2, 0.25) is 5.02 Å². The Bertz CT molecular complexity index is 1110. The standard InChI is InChI=1S/C26H31ClF2N2O4/c1-25(2,3)31-23(33)19-9-7-17(27)11-15(19)14-22(32)21(30-24(34)35-26(4,5)6)13-16-12-18(28)8-10-20(16)29/h7-12,21H,13-14H2,1-6H3,(H,30,34)(H,31,33)/t21-/m1/s1. The zero-order valence-electron chi connectivity index (χ0n) is 20.7. The fourth-order valence-electron chi connectivity index (χ4n) is 3.26. The van der Waals surface area contributed by atoms with Gasteiger partial charge in [0.2, 0.25) is 0 Å². The van der Waals surface area contributed by atoms with Gasteiger partial charge in [-0.05, 0) is 89.1 Å². The van der Waals surface area contributed by atoms with Crippen molar-refractivity contribution in [2.24, 2.45) is 0 Å². The zero-order valence-corrected chi connectivity index (χ0v) is 21.5. The molecule has 35 heavy (non-hydrogen) atoms. The maximum atomic E-state index is 14.3. The highest BCUT2D eigenvalue weighted by molar-refractivity contribution is 6.30. The third kappa shape index (κ3) is 9.28. The van der Waals surface area contributed by atoms with Gasteiger partial charge < -0.3 is 15.4 Å². The lowest BCUT2D eigenvalue weighted by Crippen LogP contribution is -2.45. The molecule has 0 aliphatic heterocycles. The second-order valence-corrected chi connectivity index (χ2v) is 10.7. The Kier molecular flexibility index (Phi) is 9.00. The van der Waals surface area contributed by atoms with Gasteiger partial charge in [-0.15, -0.1) is 0 Å². The van der Waals surface area contributed by atoms with E-state index in [2.05, 4.69) is 10.6 Å². The van der Waals surface area contributed by atoms with Gasteiger partial charge in [0.25, 0.3) is 5.91 Å². The SMILES string of the molecule is CC(C)(C)NC(=O)c1ccc(Cl)cc1CC(=O)[C@@H](Cc1cc(F)ccc1F)NC(=O)OC(C)(C)C. The van der Waals surface area contributed by atoms with Crippen LogP contribution in [0.1, 0.15) is 63.0 Å². The maximum absolute atomic E-state index is 14.3. The number of nitrogens with one attached hydrogen (secondary N) is 2. The Balaban J connectivity index is 2.37. The van der Waals surface area contributed by atoms with Crippen molar-refractivity contribution in [1.82, 2.24) is 10.6 Å². The first-order chi connectivity index (χ1) is 16.0. The van der Waals surface area contributed by atoms with Crippen LogP contribution in [0.4, 0.5) is 13.6 Å². The summed E-state index contributed by atoms with van der Waals surface area (Å²) in [6, 6.07) is 6.16. The molecule has 0 aliphatic carbocycles. The third-order valence-electron chi connectivity index (χ3n) is 4.68. The molecule has 0 radical (unpaired) electrons. The topological polar surface area (TPSA) is 84.5 Å². The van der Waals surface area contributed by atoms with Crippen LogP contribution < -0.4 is 10.6 Å². The summed E-state index contributed by atoms with van der Waals surface area (Å²) in [6.45, 7) is 10.4. The lowest BCUT2D eigenvalue weighted by atomic mass is 9.94. The molecule has 2 aromatic carbocycles. The Morgan fingerprint density at radius 3 is 2.23 bits per heavy atom. The molecule has 2 amide bonds. The van der Waals surface area contributed by atoms with Crippen molar-refractivity contribution in [1.29, 1.82) is 0 Å². The molecule has 2 N–H and O–H groups in total. The minimum absolute atomic E-state index is 0.0869. The first kappa shape index (κ1) is 28.2. The van der Waals surface area contributed by atoms with Gasteiger partial charge in [0, 0.05) is 29.0 Å². The average molecular weight is 509 g/mol. The molecule has 0 spiro atoms. The van der Waals surface area contributed by atoms with Crippen molar-refractivity contribution in [2.45, 2.75) is 71.6 Å². The number of carbonyl (C=O) groups is 3. The van der Waals surface area contributed by atoms with Gasteiger partial charge >= 0.3 is 6.09 Å². The van der Waals surface area contributed by atoms with E-state index < -0.39 is 46.6 Å². The summed E-state index contributed by atoms with van der Waals surface area (Å²) >= 11 is 6.12. The number of rotatable bonds is 7. The molecule has 2 aromatic rings. The fraction of sp³-hybridized carbons (Fsp3) is 0.423. The lowest BCUT2D eigenvalue weighted by molar-refractivity contribution is -0.120. The zero-order chi connectivity index (χ0) is 26.6. The number of Topliss-reactive ketones (excluding diaryl/α,β-unsaturated/α-hetero) is 1. The van der Waals surface area contributed by atoms with E-state index >= 15 is 0 Å². The number of ether oxygens (including phenoxy) is 1. The molecule has 0 saturated carbocycles. The summed E-state index contributed by atoms with van der Waals surface area (Å²) < 4.78 is 33.3. The highest BCUT2D eigenvalue weighted by Crippen LogP contribution is 2.20.